The SMILES string of the molecule is CCNC(=NCCc1cc(F)cc2c1OCOC2)NC1CCC(O)CC1. The fraction of sp³-hybridized carbons (Fsp3) is 0.632. The van der Waals surface area contributed by atoms with Gasteiger partial charge in [0.2, 0.25) is 0 Å². The number of halogens is 1. The highest BCUT2D eigenvalue weighted by molar-refractivity contribution is 5.80. The Morgan fingerprint density at radius 3 is 2.88 bits per heavy atom. The maximum absolute atomic E-state index is 13.8. The third-order valence-corrected chi connectivity index (χ3v) is 4.78. The van der Waals surface area contributed by atoms with Crippen molar-refractivity contribution in [2.75, 3.05) is 19.9 Å². The molecule has 0 saturated heterocycles. The van der Waals surface area contributed by atoms with Crippen molar-refractivity contribution in [1.29, 1.82) is 0 Å². The number of nitrogens with zero attached hydrogens (tertiary/aromatic N) is 1. The second kappa shape index (κ2) is 9.19. The summed E-state index contributed by atoms with van der Waals surface area (Å²) in [5.41, 5.74) is 1.57. The fourth-order valence-corrected chi connectivity index (χ4v) is 3.46. The smallest absolute Gasteiger partial charge is 0.191 e. The van der Waals surface area contributed by atoms with Gasteiger partial charge in [-0.15, -0.1) is 0 Å². The van der Waals surface area contributed by atoms with Crippen molar-refractivity contribution >= 4 is 5.96 Å². The van der Waals surface area contributed by atoms with Crippen molar-refractivity contribution in [1.82, 2.24) is 10.6 Å². The number of hydrogen-bond donors (Lipinski definition) is 3. The van der Waals surface area contributed by atoms with Crippen molar-refractivity contribution in [2.45, 2.75) is 57.8 Å². The lowest BCUT2D eigenvalue weighted by Crippen LogP contribution is -2.45. The van der Waals surface area contributed by atoms with Gasteiger partial charge in [0.05, 0.1) is 12.7 Å². The molecule has 3 N–H and O–H groups in total. The Kier molecular flexibility index (Phi) is 6.68. The molecule has 7 heteroatoms. The lowest BCUT2D eigenvalue weighted by Gasteiger charge is -2.27. The molecule has 0 aromatic heterocycles. The number of rotatable bonds is 5. The van der Waals surface area contributed by atoms with E-state index < -0.39 is 0 Å². The fourth-order valence-electron chi connectivity index (χ4n) is 3.46. The van der Waals surface area contributed by atoms with E-state index in [1.807, 2.05) is 6.92 Å². The molecule has 1 heterocycles. The highest BCUT2D eigenvalue weighted by atomic mass is 19.1. The minimum atomic E-state index is -0.275. The van der Waals surface area contributed by atoms with E-state index in [-0.39, 0.29) is 18.7 Å². The minimum Gasteiger partial charge on any atom is -0.467 e. The zero-order valence-electron chi connectivity index (χ0n) is 15.3. The van der Waals surface area contributed by atoms with Gasteiger partial charge in [-0.3, -0.25) is 4.99 Å². The molecule has 0 spiro atoms. The number of aliphatic hydroxyl groups is 1. The van der Waals surface area contributed by atoms with Crippen LogP contribution in [0.15, 0.2) is 17.1 Å². The summed E-state index contributed by atoms with van der Waals surface area (Å²) in [6.07, 6.45) is 3.96. The van der Waals surface area contributed by atoms with Crippen LogP contribution in [0.4, 0.5) is 4.39 Å². The first-order chi connectivity index (χ1) is 12.7. The maximum atomic E-state index is 13.8. The molecule has 0 bridgehead atoms. The van der Waals surface area contributed by atoms with Crippen LogP contribution in [0.25, 0.3) is 0 Å². The third-order valence-electron chi connectivity index (χ3n) is 4.78. The topological polar surface area (TPSA) is 75.1 Å². The molecule has 144 valence electrons. The number of hydrogen-bond acceptors (Lipinski definition) is 4. The Bertz CT molecular complexity index is 631. The van der Waals surface area contributed by atoms with Crippen LogP contribution in [-0.4, -0.2) is 43.1 Å². The molecule has 26 heavy (non-hydrogen) atoms. The number of ether oxygens (including phenoxy) is 2. The Balaban J connectivity index is 1.61. The number of aliphatic hydroxyl groups excluding tert-OH is 1. The Labute approximate surface area is 153 Å². The first-order valence-electron chi connectivity index (χ1n) is 9.40. The molecular formula is C19H28FN3O3. The molecule has 1 fully saturated rings. The molecule has 0 amide bonds. The first-order valence-corrected chi connectivity index (χ1v) is 9.40. The number of guanidine groups is 1. The van der Waals surface area contributed by atoms with Gasteiger partial charge in [0.15, 0.2) is 12.8 Å². The molecule has 1 aliphatic carbocycles. The average Bonchev–Trinajstić information content (AvgIpc) is 2.63. The average molecular weight is 365 g/mol. The molecule has 0 atom stereocenters. The van der Waals surface area contributed by atoms with E-state index in [0.29, 0.717) is 25.6 Å². The summed E-state index contributed by atoms with van der Waals surface area (Å²) in [5.74, 6) is 1.22. The summed E-state index contributed by atoms with van der Waals surface area (Å²) in [4.78, 5) is 4.62. The van der Waals surface area contributed by atoms with Crippen LogP contribution in [0.5, 0.6) is 5.75 Å². The van der Waals surface area contributed by atoms with E-state index in [1.54, 1.807) is 0 Å². The van der Waals surface area contributed by atoms with Crippen molar-refractivity contribution in [2.24, 2.45) is 4.99 Å². The van der Waals surface area contributed by atoms with Gasteiger partial charge in [-0.2, -0.15) is 0 Å². The van der Waals surface area contributed by atoms with E-state index in [4.69, 9.17) is 9.47 Å². The van der Waals surface area contributed by atoms with Crippen LogP contribution in [0.2, 0.25) is 0 Å². The van der Waals surface area contributed by atoms with Gasteiger partial charge in [-0.05, 0) is 56.7 Å². The van der Waals surface area contributed by atoms with Gasteiger partial charge >= 0.3 is 0 Å². The van der Waals surface area contributed by atoms with E-state index in [0.717, 1.165) is 55.1 Å². The summed E-state index contributed by atoms with van der Waals surface area (Å²) in [5, 5.41) is 16.3. The second-order valence-corrected chi connectivity index (χ2v) is 6.82. The Hall–Kier alpha value is -1.86. The van der Waals surface area contributed by atoms with E-state index >= 15 is 0 Å². The highest BCUT2D eigenvalue weighted by Crippen LogP contribution is 2.29. The molecule has 1 aromatic rings. The van der Waals surface area contributed by atoms with Gasteiger partial charge in [-0.25, -0.2) is 4.39 Å². The zero-order valence-corrected chi connectivity index (χ0v) is 15.3. The molecule has 3 rings (SSSR count). The van der Waals surface area contributed by atoms with Gasteiger partial charge in [0, 0.05) is 24.7 Å². The molecule has 0 radical (unpaired) electrons. The number of aliphatic imine (C=N–C) groups is 1. The summed E-state index contributed by atoms with van der Waals surface area (Å²) in [7, 11) is 0. The van der Waals surface area contributed by atoms with Gasteiger partial charge < -0.3 is 25.2 Å². The third kappa shape index (κ3) is 5.08. The van der Waals surface area contributed by atoms with Crippen LogP contribution in [0, 0.1) is 5.82 Å². The Morgan fingerprint density at radius 1 is 1.31 bits per heavy atom. The number of benzene rings is 1. The van der Waals surface area contributed by atoms with Crippen LogP contribution < -0.4 is 15.4 Å². The number of nitrogens with one attached hydrogen (secondary N) is 2. The summed E-state index contributed by atoms with van der Waals surface area (Å²) >= 11 is 0. The normalized spacial score (nSPS) is 23.1. The molecule has 6 nitrogen and oxygen atoms in total. The molecular weight excluding hydrogens is 337 g/mol. The van der Waals surface area contributed by atoms with Crippen molar-refractivity contribution in [3.05, 3.63) is 29.1 Å². The molecule has 1 aromatic carbocycles. The summed E-state index contributed by atoms with van der Waals surface area (Å²) in [6, 6.07) is 3.31. The van der Waals surface area contributed by atoms with Gasteiger partial charge in [-0.1, -0.05) is 0 Å². The lowest BCUT2D eigenvalue weighted by atomic mass is 9.93. The van der Waals surface area contributed by atoms with Crippen LogP contribution >= 0.6 is 0 Å². The van der Waals surface area contributed by atoms with Crippen LogP contribution in [0.1, 0.15) is 43.7 Å². The van der Waals surface area contributed by atoms with Crippen LogP contribution in [-0.2, 0) is 17.8 Å². The predicted octanol–water partition coefficient (Wildman–Crippen LogP) is 2.09. The monoisotopic (exact) mass is 365 g/mol. The van der Waals surface area contributed by atoms with Gasteiger partial charge in [0.25, 0.3) is 0 Å². The minimum absolute atomic E-state index is 0.171. The lowest BCUT2D eigenvalue weighted by molar-refractivity contribution is -0.0172. The second-order valence-electron chi connectivity index (χ2n) is 6.82. The largest absolute Gasteiger partial charge is 0.467 e. The predicted molar refractivity (Wildman–Crippen MR) is 97.8 cm³/mol. The standard InChI is InChI=1S/C19H28FN3O3/c1-2-21-19(23-16-3-5-17(24)6-4-16)22-8-7-13-9-15(20)10-14-11-25-12-26-18(13)14/h9-10,16-17,24H,2-8,11-12H2,1H3,(H2,21,22,23). The molecule has 2 aliphatic rings. The summed E-state index contributed by atoms with van der Waals surface area (Å²) in [6.45, 7) is 3.91. The van der Waals surface area contributed by atoms with E-state index in [1.165, 1.54) is 12.1 Å². The molecule has 1 saturated carbocycles. The molecule has 0 unspecified atom stereocenters. The van der Waals surface area contributed by atoms with E-state index in [2.05, 4.69) is 15.6 Å². The molecule has 1 aliphatic heterocycles. The van der Waals surface area contributed by atoms with Gasteiger partial charge in [0.1, 0.15) is 11.6 Å². The van der Waals surface area contributed by atoms with Crippen molar-refractivity contribution in [3.63, 3.8) is 0 Å². The maximum Gasteiger partial charge on any atom is 0.191 e. The first kappa shape index (κ1) is 18.9. The Morgan fingerprint density at radius 2 is 2.12 bits per heavy atom. The van der Waals surface area contributed by atoms with E-state index in [9.17, 15) is 9.50 Å². The summed E-state index contributed by atoms with van der Waals surface area (Å²) < 4.78 is 24.6. The van der Waals surface area contributed by atoms with Crippen LogP contribution in [0.3, 0.4) is 0 Å². The quantitative estimate of drug-likeness (QED) is 0.550. The van der Waals surface area contributed by atoms with Crippen molar-refractivity contribution in [3.8, 4) is 5.75 Å². The van der Waals surface area contributed by atoms with Crippen molar-refractivity contribution < 1.29 is 19.0 Å². The zero-order chi connectivity index (χ0) is 18.4. The highest BCUT2D eigenvalue weighted by Gasteiger charge is 2.20. The number of fused-ring (bicyclic) bond motifs is 1.